The van der Waals surface area contributed by atoms with Crippen molar-refractivity contribution < 1.29 is 9.90 Å². The summed E-state index contributed by atoms with van der Waals surface area (Å²) in [5.41, 5.74) is 6.75. The summed E-state index contributed by atoms with van der Waals surface area (Å²) in [5.74, 6) is -0.154. The molecule has 4 heteroatoms. The van der Waals surface area contributed by atoms with Crippen molar-refractivity contribution in [2.24, 2.45) is 11.7 Å². The first-order valence-electron chi connectivity index (χ1n) is 5.33. The van der Waals surface area contributed by atoms with Gasteiger partial charge >= 0.3 is 0 Å². The summed E-state index contributed by atoms with van der Waals surface area (Å²) in [5, 5.41) is 12.1. The van der Waals surface area contributed by atoms with Crippen molar-refractivity contribution >= 4 is 5.91 Å². The molecule has 0 radical (unpaired) electrons. The normalized spacial score (nSPS) is 12.4. The van der Waals surface area contributed by atoms with E-state index in [2.05, 4.69) is 5.32 Å². The van der Waals surface area contributed by atoms with Crippen molar-refractivity contribution in [3.05, 3.63) is 35.4 Å². The summed E-state index contributed by atoms with van der Waals surface area (Å²) < 4.78 is 0. The first-order valence-corrected chi connectivity index (χ1v) is 5.33. The second-order valence-corrected chi connectivity index (χ2v) is 3.98. The lowest BCUT2D eigenvalue weighted by molar-refractivity contribution is 0.100. The van der Waals surface area contributed by atoms with E-state index in [0.29, 0.717) is 5.56 Å². The highest BCUT2D eigenvalue weighted by Crippen LogP contribution is 2.03. The molecule has 0 aliphatic carbocycles. The molecule has 0 spiro atoms. The van der Waals surface area contributed by atoms with Gasteiger partial charge in [-0.2, -0.15) is 0 Å². The van der Waals surface area contributed by atoms with E-state index in [4.69, 9.17) is 10.8 Å². The molecule has 0 saturated carbocycles. The predicted octanol–water partition coefficient (Wildman–Crippen LogP) is 0.503. The van der Waals surface area contributed by atoms with Crippen LogP contribution in [0, 0.1) is 5.92 Å². The number of carbonyl (C=O) groups is 1. The Morgan fingerprint density at radius 1 is 1.44 bits per heavy atom. The molecule has 0 aliphatic rings. The molecule has 0 aromatic heterocycles. The standard InChI is InChI=1S/C12H18N2O2/c1-9(8-15)6-14-7-10-2-4-11(5-3-10)12(13)16/h2-5,9,14-15H,6-8H2,1H3,(H2,13,16). The van der Waals surface area contributed by atoms with Crippen molar-refractivity contribution in [2.45, 2.75) is 13.5 Å². The van der Waals surface area contributed by atoms with E-state index < -0.39 is 5.91 Å². The van der Waals surface area contributed by atoms with Gasteiger partial charge in [0.15, 0.2) is 0 Å². The first kappa shape index (κ1) is 12.7. The van der Waals surface area contributed by atoms with Crippen LogP contribution in [0.5, 0.6) is 0 Å². The number of hydrogen-bond acceptors (Lipinski definition) is 3. The van der Waals surface area contributed by atoms with Crippen LogP contribution in [-0.2, 0) is 6.54 Å². The van der Waals surface area contributed by atoms with Gasteiger partial charge in [0.25, 0.3) is 0 Å². The molecule has 1 rings (SSSR count). The van der Waals surface area contributed by atoms with Crippen LogP contribution in [0.3, 0.4) is 0 Å². The van der Waals surface area contributed by atoms with Gasteiger partial charge in [0, 0.05) is 25.3 Å². The minimum absolute atomic E-state index is 0.188. The average Bonchev–Trinajstić information content (AvgIpc) is 2.29. The number of benzene rings is 1. The van der Waals surface area contributed by atoms with Crippen LogP contribution in [0.2, 0.25) is 0 Å². The summed E-state index contributed by atoms with van der Waals surface area (Å²) in [6, 6.07) is 7.18. The Kier molecular flexibility index (Phi) is 4.95. The highest BCUT2D eigenvalue weighted by molar-refractivity contribution is 5.92. The molecule has 4 nitrogen and oxygen atoms in total. The second kappa shape index (κ2) is 6.25. The molecule has 0 aliphatic heterocycles. The van der Waals surface area contributed by atoms with Crippen LogP contribution < -0.4 is 11.1 Å². The topological polar surface area (TPSA) is 75.3 Å². The third kappa shape index (κ3) is 4.00. The first-order chi connectivity index (χ1) is 7.63. The molecule has 1 aromatic carbocycles. The number of primary amides is 1. The number of nitrogens with one attached hydrogen (secondary N) is 1. The van der Waals surface area contributed by atoms with Crippen molar-refractivity contribution in [2.75, 3.05) is 13.2 Å². The van der Waals surface area contributed by atoms with Crippen LogP contribution in [0.15, 0.2) is 24.3 Å². The van der Waals surface area contributed by atoms with Gasteiger partial charge in [-0.3, -0.25) is 4.79 Å². The molecule has 1 atom stereocenters. The molecule has 1 amide bonds. The van der Waals surface area contributed by atoms with Gasteiger partial charge in [-0.15, -0.1) is 0 Å². The van der Waals surface area contributed by atoms with Crippen LogP contribution in [-0.4, -0.2) is 24.2 Å². The Labute approximate surface area is 95.5 Å². The molecule has 1 aromatic rings. The number of aliphatic hydroxyl groups is 1. The fourth-order valence-electron chi connectivity index (χ4n) is 1.31. The second-order valence-electron chi connectivity index (χ2n) is 3.98. The predicted molar refractivity (Wildman–Crippen MR) is 62.9 cm³/mol. The number of aliphatic hydroxyl groups excluding tert-OH is 1. The van der Waals surface area contributed by atoms with Crippen molar-refractivity contribution in [3.63, 3.8) is 0 Å². The molecule has 0 fully saturated rings. The third-order valence-electron chi connectivity index (χ3n) is 2.37. The Bertz CT molecular complexity index is 335. The summed E-state index contributed by atoms with van der Waals surface area (Å²) in [6.45, 7) is 3.66. The molecule has 4 N–H and O–H groups in total. The fourth-order valence-corrected chi connectivity index (χ4v) is 1.31. The highest BCUT2D eigenvalue weighted by Gasteiger charge is 2.01. The van der Waals surface area contributed by atoms with E-state index in [0.717, 1.165) is 18.7 Å². The van der Waals surface area contributed by atoms with Crippen LogP contribution >= 0.6 is 0 Å². The van der Waals surface area contributed by atoms with Crippen molar-refractivity contribution in [1.82, 2.24) is 5.32 Å². The maximum Gasteiger partial charge on any atom is 0.248 e. The Hall–Kier alpha value is -1.39. The summed E-state index contributed by atoms with van der Waals surface area (Å²) in [7, 11) is 0. The van der Waals surface area contributed by atoms with Gasteiger partial charge < -0.3 is 16.2 Å². The largest absolute Gasteiger partial charge is 0.396 e. The SMILES string of the molecule is CC(CO)CNCc1ccc(C(N)=O)cc1. The van der Waals surface area contributed by atoms with E-state index >= 15 is 0 Å². The van der Waals surface area contributed by atoms with E-state index in [1.54, 1.807) is 12.1 Å². The number of rotatable bonds is 6. The van der Waals surface area contributed by atoms with Crippen LogP contribution in [0.1, 0.15) is 22.8 Å². The zero-order valence-electron chi connectivity index (χ0n) is 9.44. The van der Waals surface area contributed by atoms with E-state index in [-0.39, 0.29) is 12.5 Å². The fraction of sp³-hybridized carbons (Fsp3) is 0.417. The molecular formula is C12H18N2O2. The lowest BCUT2D eigenvalue weighted by atomic mass is 10.1. The third-order valence-corrected chi connectivity index (χ3v) is 2.37. The Morgan fingerprint density at radius 2 is 2.06 bits per heavy atom. The summed E-state index contributed by atoms with van der Waals surface area (Å²) in [4.78, 5) is 10.8. The van der Waals surface area contributed by atoms with E-state index in [9.17, 15) is 4.79 Å². The smallest absolute Gasteiger partial charge is 0.248 e. The van der Waals surface area contributed by atoms with Crippen molar-refractivity contribution in [1.29, 1.82) is 0 Å². The number of nitrogens with two attached hydrogens (primary N) is 1. The maximum atomic E-state index is 10.8. The molecule has 0 bridgehead atoms. The molecule has 1 unspecified atom stereocenters. The Balaban J connectivity index is 2.40. The lowest BCUT2D eigenvalue weighted by Gasteiger charge is -2.09. The van der Waals surface area contributed by atoms with Gasteiger partial charge in [0.1, 0.15) is 0 Å². The molecule has 88 valence electrons. The van der Waals surface area contributed by atoms with E-state index in [1.165, 1.54) is 0 Å². The monoisotopic (exact) mass is 222 g/mol. The minimum atomic E-state index is -0.409. The molecular weight excluding hydrogens is 204 g/mol. The van der Waals surface area contributed by atoms with Gasteiger partial charge in [-0.1, -0.05) is 19.1 Å². The van der Waals surface area contributed by atoms with Crippen molar-refractivity contribution in [3.8, 4) is 0 Å². The van der Waals surface area contributed by atoms with Gasteiger partial charge in [-0.25, -0.2) is 0 Å². The summed E-state index contributed by atoms with van der Waals surface area (Å²) >= 11 is 0. The van der Waals surface area contributed by atoms with Gasteiger partial charge in [-0.05, 0) is 23.6 Å². The Morgan fingerprint density at radius 3 is 2.56 bits per heavy atom. The van der Waals surface area contributed by atoms with Gasteiger partial charge in [0.05, 0.1) is 0 Å². The zero-order valence-corrected chi connectivity index (χ0v) is 9.44. The zero-order chi connectivity index (χ0) is 12.0. The molecule has 0 heterocycles. The van der Waals surface area contributed by atoms with Crippen LogP contribution in [0.4, 0.5) is 0 Å². The number of amides is 1. The number of carbonyl (C=O) groups excluding carboxylic acids is 1. The molecule has 0 saturated heterocycles. The molecule has 16 heavy (non-hydrogen) atoms. The number of hydrogen-bond donors (Lipinski definition) is 3. The highest BCUT2D eigenvalue weighted by atomic mass is 16.3. The quantitative estimate of drug-likeness (QED) is 0.656. The van der Waals surface area contributed by atoms with Crippen LogP contribution in [0.25, 0.3) is 0 Å². The lowest BCUT2D eigenvalue weighted by Crippen LogP contribution is -2.22. The minimum Gasteiger partial charge on any atom is -0.396 e. The summed E-state index contributed by atoms with van der Waals surface area (Å²) in [6.07, 6.45) is 0. The van der Waals surface area contributed by atoms with E-state index in [1.807, 2.05) is 19.1 Å². The average molecular weight is 222 g/mol. The maximum absolute atomic E-state index is 10.8. The van der Waals surface area contributed by atoms with Gasteiger partial charge in [0.2, 0.25) is 5.91 Å².